The van der Waals surface area contributed by atoms with Crippen LogP contribution in [-0.4, -0.2) is 32.1 Å². The van der Waals surface area contributed by atoms with Crippen molar-refractivity contribution < 1.29 is 9.18 Å². The Kier molecular flexibility index (Phi) is 4.81. The predicted octanol–water partition coefficient (Wildman–Crippen LogP) is 1.86. The Labute approximate surface area is 117 Å². The number of rotatable bonds is 6. The maximum absolute atomic E-state index is 13.1. The SMILES string of the molecule is CCN(Cc1cccc(F)c1)C(=O)CCn1cncn1. The Morgan fingerprint density at radius 1 is 1.45 bits per heavy atom. The first kappa shape index (κ1) is 14.2. The van der Waals surface area contributed by atoms with E-state index in [9.17, 15) is 9.18 Å². The van der Waals surface area contributed by atoms with Crippen LogP contribution >= 0.6 is 0 Å². The lowest BCUT2D eigenvalue weighted by molar-refractivity contribution is -0.131. The van der Waals surface area contributed by atoms with Gasteiger partial charge < -0.3 is 4.90 Å². The van der Waals surface area contributed by atoms with Gasteiger partial charge in [-0.15, -0.1) is 0 Å². The van der Waals surface area contributed by atoms with E-state index in [1.807, 2.05) is 13.0 Å². The zero-order valence-corrected chi connectivity index (χ0v) is 11.4. The Morgan fingerprint density at radius 3 is 2.95 bits per heavy atom. The van der Waals surface area contributed by atoms with Gasteiger partial charge in [-0.2, -0.15) is 5.10 Å². The summed E-state index contributed by atoms with van der Waals surface area (Å²) in [6.45, 7) is 3.42. The van der Waals surface area contributed by atoms with Gasteiger partial charge in [0.05, 0.1) is 6.54 Å². The summed E-state index contributed by atoms with van der Waals surface area (Å²) in [5.41, 5.74) is 0.793. The van der Waals surface area contributed by atoms with Gasteiger partial charge in [-0.1, -0.05) is 12.1 Å². The number of nitrogens with zero attached hydrogens (tertiary/aromatic N) is 4. The van der Waals surface area contributed by atoms with Crippen molar-refractivity contribution >= 4 is 5.91 Å². The van der Waals surface area contributed by atoms with Crippen molar-refractivity contribution in [1.82, 2.24) is 19.7 Å². The highest BCUT2D eigenvalue weighted by Gasteiger charge is 2.12. The van der Waals surface area contributed by atoms with E-state index in [2.05, 4.69) is 10.1 Å². The normalized spacial score (nSPS) is 10.5. The van der Waals surface area contributed by atoms with Gasteiger partial charge >= 0.3 is 0 Å². The molecule has 0 unspecified atom stereocenters. The number of hydrogen-bond donors (Lipinski definition) is 0. The summed E-state index contributed by atoms with van der Waals surface area (Å²) in [7, 11) is 0. The van der Waals surface area contributed by atoms with Gasteiger partial charge in [-0.3, -0.25) is 9.48 Å². The first-order valence-electron chi connectivity index (χ1n) is 6.53. The molecule has 1 amide bonds. The fourth-order valence-corrected chi connectivity index (χ4v) is 1.95. The quantitative estimate of drug-likeness (QED) is 0.809. The maximum Gasteiger partial charge on any atom is 0.224 e. The first-order valence-corrected chi connectivity index (χ1v) is 6.53. The van der Waals surface area contributed by atoms with Gasteiger partial charge in [0.2, 0.25) is 5.91 Å². The topological polar surface area (TPSA) is 51.0 Å². The fraction of sp³-hybridized carbons (Fsp3) is 0.357. The second kappa shape index (κ2) is 6.79. The van der Waals surface area contributed by atoms with Crippen molar-refractivity contribution in [3.8, 4) is 0 Å². The zero-order chi connectivity index (χ0) is 14.4. The molecule has 0 aliphatic rings. The number of carbonyl (C=O) groups excluding carboxylic acids is 1. The van der Waals surface area contributed by atoms with Gasteiger partial charge in [0.25, 0.3) is 0 Å². The summed E-state index contributed by atoms with van der Waals surface area (Å²) in [6, 6.07) is 6.31. The highest BCUT2D eigenvalue weighted by Crippen LogP contribution is 2.08. The molecule has 0 bridgehead atoms. The van der Waals surface area contributed by atoms with E-state index >= 15 is 0 Å². The second-order valence-electron chi connectivity index (χ2n) is 4.45. The summed E-state index contributed by atoms with van der Waals surface area (Å²) in [4.78, 5) is 17.7. The summed E-state index contributed by atoms with van der Waals surface area (Å²) in [5, 5.41) is 3.95. The van der Waals surface area contributed by atoms with Gasteiger partial charge in [-0.05, 0) is 24.6 Å². The van der Waals surface area contributed by atoms with Crippen LogP contribution in [-0.2, 0) is 17.9 Å². The Morgan fingerprint density at radius 2 is 2.30 bits per heavy atom. The molecule has 0 radical (unpaired) electrons. The molecule has 20 heavy (non-hydrogen) atoms. The Balaban J connectivity index is 1.92. The molecule has 2 rings (SSSR count). The van der Waals surface area contributed by atoms with Crippen molar-refractivity contribution in [2.24, 2.45) is 0 Å². The second-order valence-corrected chi connectivity index (χ2v) is 4.45. The number of amides is 1. The van der Waals surface area contributed by atoms with Crippen LogP contribution in [0.25, 0.3) is 0 Å². The minimum Gasteiger partial charge on any atom is -0.339 e. The molecular formula is C14H17FN4O. The van der Waals surface area contributed by atoms with E-state index in [1.165, 1.54) is 18.5 Å². The van der Waals surface area contributed by atoms with Gasteiger partial charge in [0, 0.05) is 19.5 Å². The van der Waals surface area contributed by atoms with Crippen LogP contribution in [0.5, 0.6) is 0 Å². The smallest absolute Gasteiger partial charge is 0.224 e. The lowest BCUT2D eigenvalue weighted by atomic mass is 10.2. The van der Waals surface area contributed by atoms with Gasteiger partial charge in [0.15, 0.2) is 0 Å². The highest BCUT2D eigenvalue weighted by molar-refractivity contribution is 5.76. The van der Waals surface area contributed by atoms with E-state index < -0.39 is 0 Å². The molecule has 0 spiro atoms. The van der Waals surface area contributed by atoms with Crippen LogP contribution in [0.3, 0.4) is 0 Å². The largest absolute Gasteiger partial charge is 0.339 e. The number of carbonyl (C=O) groups is 1. The van der Waals surface area contributed by atoms with Crippen LogP contribution < -0.4 is 0 Å². The van der Waals surface area contributed by atoms with Crippen LogP contribution in [0.4, 0.5) is 4.39 Å². The molecule has 0 aliphatic heterocycles. The monoisotopic (exact) mass is 276 g/mol. The van der Waals surface area contributed by atoms with Gasteiger partial charge in [-0.25, -0.2) is 9.37 Å². The molecule has 0 N–H and O–H groups in total. The lowest BCUT2D eigenvalue weighted by Crippen LogP contribution is -2.31. The summed E-state index contributed by atoms with van der Waals surface area (Å²) >= 11 is 0. The van der Waals surface area contributed by atoms with E-state index in [0.29, 0.717) is 26.1 Å². The summed E-state index contributed by atoms with van der Waals surface area (Å²) in [5.74, 6) is -0.263. The average molecular weight is 276 g/mol. The molecular weight excluding hydrogens is 259 g/mol. The molecule has 0 saturated carbocycles. The molecule has 106 valence electrons. The van der Waals surface area contributed by atoms with Crippen molar-refractivity contribution in [2.75, 3.05) is 6.54 Å². The van der Waals surface area contributed by atoms with E-state index in [0.717, 1.165) is 5.56 Å². The Bertz CT molecular complexity index is 556. The molecule has 0 aliphatic carbocycles. The Hall–Kier alpha value is -2.24. The van der Waals surface area contributed by atoms with E-state index in [4.69, 9.17) is 0 Å². The van der Waals surface area contributed by atoms with Crippen molar-refractivity contribution in [2.45, 2.75) is 26.4 Å². The van der Waals surface area contributed by atoms with Crippen molar-refractivity contribution in [3.05, 3.63) is 48.3 Å². The molecule has 6 heteroatoms. The average Bonchev–Trinajstić information content (AvgIpc) is 2.95. The summed E-state index contributed by atoms with van der Waals surface area (Å²) < 4.78 is 14.8. The van der Waals surface area contributed by atoms with Crippen LogP contribution in [0.15, 0.2) is 36.9 Å². The van der Waals surface area contributed by atoms with Crippen LogP contribution in [0, 0.1) is 5.82 Å². The number of aryl methyl sites for hydroxylation is 1. The molecule has 0 saturated heterocycles. The van der Waals surface area contributed by atoms with Gasteiger partial charge in [0.1, 0.15) is 18.5 Å². The first-order chi connectivity index (χ1) is 9.69. The molecule has 5 nitrogen and oxygen atoms in total. The molecule has 1 aromatic carbocycles. The third-order valence-corrected chi connectivity index (χ3v) is 3.02. The molecule has 0 atom stereocenters. The lowest BCUT2D eigenvalue weighted by Gasteiger charge is -2.21. The van der Waals surface area contributed by atoms with E-state index in [1.54, 1.807) is 22.0 Å². The maximum atomic E-state index is 13.1. The standard InChI is InChI=1S/C14H17FN4O/c1-2-18(9-12-4-3-5-13(15)8-12)14(20)6-7-19-11-16-10-17-19/h3-5,8,10-11H,2,6-7,9H2,1H3. The minimum atomic E-state index is -0.284. The molecule has 1 aromatic heterocycles. The van der Waals surface area contributed by atoms with Crippen LogP contribution in [0.2, 0.25) is 0 Å². The summed E-state index contributed by atoms with van der Waals surface area (Å²) in [6.07, 6.45) is 3.37. The number of halogens is 1. The molecule has 1 heterocycles. The van der Waals surface area contributed by atoms with E-state index in [-0.39, 0.29) is 11.7 Å². The third kappa shape index (κ3) is 3.88. The number of aromatic nitrogens is 3. The van der Waals surface area contributed by atoms with Crippen molar-refractivity contribution in [3.63, 3.8) is 0 Å². The highest BCUT2D eigenvalue weighted by atomic mass is 19.1. The number of benzene rings is 1. The predicted molar refractivity (Wildman–Crippen MR) is 72.1 cm³/mol. The molecule has 0 fully saturated rings. The van der Waals surface area contributed by atoms with Crippen LogP contribution in [0.1, 0.15) is 18.9 Å². The minimum absolute atomic E-state index is 0.0206. The fourth-order valence-electron chi connectivity index (χ4n) is 1.95. The zero-order valence-electron chi connectivity index (χ0n) is 11.4. The van der Waals surface area contributed by atoms with Crippen molar-refractivity contribution in [1.29, 1.82) is 0 Å². The number of hydrogen-bond acceptors (Lipinski definition) is 3. The third-order valence-electron chi connectivity index (χ3n) is 3.02. The molecule has 2 aromatic rings.